The highest BCUT2D eigenvalue weighted by atomic mass is 35.5. The predicted molar refractivity (Wildman–Crippen MR) is 81.7 cm³/mol. The van der Waals surface area contributed by atoms with Crippen molar-refractivity contribution in [2.24, 2.45) is 5.73 Å². The van der Waals surface area contributed by atoms with Gasteiger partial charge in [-0.2, -0.15) is 0 Å². The average Bonchev–Trinajstić information content (AvgIpc) is 2.38. The van der Waals surface area contributed by atoms with Gasteiger partial charge in [0.15, 0.2) is 0 Å². The Morgan fingerprint density at radius 1 is 1.50 bits per heavy atom. The summed E-state index contributed by atoms with van der Waals surface area (Å²) in [5.74, 6) is 0.506. The van der Waals surface area contributed by atoms with Gasteiger partial charge in [0.25, 0.3) is 0 Å². The van der Waals surface area contributed by atoms with E-state index in [-0.39, 0.29) is 24.9 Å². The van der Waals surface area contributed by atoms with Crippen molar-refractivity contribution in [3.8, 4) is 5.75 Å². The summed E-state index contributed by atoms with van der Waals surface area (Å²) in [5.41, 5.74) is 5.66. The molecule has 5 nitrogen and oxygen atoms in total. The number of methoxy groups -OCH3 is 1. The number of likely N-dealkylation sites (N-methyl/N-ethyl adjacent to an activating group) is 1. The maximum atomic E-state index is 11.8. The number of hydrogen-bond donors (Lipinski definition) is 1. The summed E-state index contributed by atoms with van der Waals surface area (Å²) < 4.78 is 10.3. The summed E-state index contributed by atoms with van der Waals surface area (Å²) in [6.07, 6.45) is 0. The Morgan fingerprint density at radius 2 is 2.20 bits per heavy atom. The van der Waals surface area contributed by atoms with Gasteiger partial charge in [0.2, 0.25) is 5.91 Å². The van der Waals surface area contributed by atoms with Crippen LogP contribution in [0.25, 0.3) is 0 Å². The number of halogens is 2. The molecule has 0 radical (unpaired) electrons. The minimum Gasteiger partial charge on any atom is -0.492 e. The van der Waals surface area contributed by atoms with E-state index in [4.69, 9.17) is 26.8 Å². The lowest BCUT2D eigenvalue weighted by molar-refractivity contribution is -0.132. The molecule has 1 rings (SSSR count). The van der Waals surface area contributed by atoms with Crippen LogP contribution in [-0.4, -0.2) is 50.8 Å². The van der Waals surface area contributed by atoms with E-state index in [0.29, 0.717) is 23.9 Å². The number of amides is 1. The van der Waals surface area contributed by atoms with Crippen LogP contribution < -0.4 is 10.5 Å². The van der Waals surface area contributed by atoms with Crippen molar-refractivity contribution in [2.75, 3.05) is 33.9 Å². The first-order valence-electron chi connectivity index (χ1n) is 5.92. The van der Waals surface area contributed by atoms with Crippen LogP contribution in [0.5, 0.6) is 5.75 Å². The van der Waals surface area contributed by atoms with Gasteiger partial charge in [-0.3, -0.25) is 4.79 Å². The van der Waals surface area contributed by atoms with Crippen molar-refractivity contribution >= 4 is 29.9 Å². The lowest BCUT2D eigenvalue weighted by Gasteiger charge is -2.21. The SMILES string of the molecule is COCC(N)C(=O)N(C)CCOc1cccc(Cl)c1.Cl. The summed E-state index contributed by atoms with van der Waals surface area (Å²) >= 11 is 5.84. The second kappa shape index (κ2) is 9.83. The standard InChI is InChI=1S/C13H19ClN2O3.ClH/c1-16(13(17)12(15)9-18-2)6-7-19-11-5-3-4-10(14)8-11;/h3-5,8,12H,6-7,9,15H2,1-2H3;1H. The summed E-state index contributed by atoms with van der Waals surface area (Å²) in [5, 5.41) is 0.615. The number of nitrogens with zero attached hydrogens (tertiary/aromatic N) is 1. The Bertz CT molecular complexity index is 418. The van der Waals surface area contributed by atoms with Gasteiger partial charge in [0.1, 0.15) is 18.4 Å². The largest absolute Gasteiger partial charge is 0.492 e. The van der Waals surface area contributed by atoms with Crippen molar-refractivity contribution in [3.63, 3.8) is 0 Å². The van der Waals surface area contributed by atoms with Gasteiger partial charge in [-0.15, -0.1) is 12.4 Å². The molecule has 1 aromatic carbocycles. The maximum absolute atomic E-state index is 11.8. The Hall–Kier alpha value is -1.01. The molecule has 7 heteroatoms. The average molecular weight is 323 g/mol. The first-order chi connectivity index (χ1) is 9.04. The zero-order valence-corrected chi connectivity index (χ0v) is 13.1. The topological polar surface area (TPSA) is 64.8 Å². The Labute approximate surface area is 130 Å². The van der Waals surface area contributed by atoms with Crippen LogP contribution in [0.1, 0.15) is 0 Å². The van der Waals surface area contributed by atoms with Crippen molar-refractivity contribution in [1.29, 1.82) is 0 Å². The third-order valence-corrected chi connectivity index (χ3v) is 2.77. The minimum atomic E-state index is -0.638. The predicted octanol–water partition coefficient (Wildman–Crippen LogP) is 1.57. The smallest absolute Gasteiger partial charge is 0.241 e. The number of carbonyl (C=O) groups excluding carboxylic acids is 1. The summed E-state index contributed by atoms with van der Waals surface area (Å²) in [6, 6.07) is 6.47. The van der Waals surface area contributed by atoms with Crippen LogP contribution in [0.4, 0.5) is 0 Å². The normalized spacial score (nSPS) is 11.4. The van der Waals surface area contributed by atoms with E-state index in [1.807, 2.05) is 6.07 Å². The van der Waals surface area contributed by atoms with Gasteiger partial charge in [0.05, 0.1) is 13.2 Å². The van der Waals surface area contributed by atoms with Gasteiger partial charge < -0.3 is 20.1 Å². The number of ether oxygens (including phenoxy) is 2. The summed E-state index contributed by atoms with van der Waals surface area (Å²) in [4.78, 5) is 13.3. The van der Waals surface area contributed by atoms with E-state index < -0.39 is 6.04 Å². The number of rotatable bonds is 7. The van der Waals surface area contributed by atoms with E-state index in [2.05, 4.69) is 0 Å². The lowest BCUT2D eigenvalue weighted by Crippen LogP contribution is -2.45. The van der Waals surface area contributed by atoms with Crippen LogP contribution in [-0.2, 0) is 9.53 Å². The zero-order chi connectivity index (χ0) is 14.3. The van der Waals surface area contributed by atoms with Gasteiger partial charge in [-0.05, 0) is 18.2 Å². The molecule has 1 aromatic rings. The molecule has 0 aliphatic heterocycles. The van der Waals surface area contributed by atoms with Crippen LogP contribution >= 0.6 is 24.0 Å². The van der Waals surface area contributed by atoms with Crippen LogP contribution in [0.3, 0.4) is 0 Å². The van der Waals surface area contributed by atoms with E-state index in [1.165, 1.54) is 12.0 Å². The van der Waals surface area contributed by atoms with E-state index in [1.54, 1.807) is 25.2 Å². The molecule has 0 spiro atoms. The molecule has 0 aromatic heterocycles. The number of benzene rings is 1. The Balaban J connectivity index is 0.00000361. The molecular weight excluding hydrogens is 303 g/mol. The summed E-state index contributed by atoms with van der Waals surface area (Å²) in [6.45, 7) is 1.03. The third kappa shape index (κ3) is 6.43. The molecule has 0 bridgehead atoms. The number of nitrogens with two attached hydrogens (primary N) is 1. The number of carbonyl (C=O) groups is 1. The summed E-state index contributed by atoms with van der Waals surface area (Å²) in [7, 11) is 3.19. The molecule has 0 heterocycles. The van der Waals surface area contributed by atoms with Gasteiger partial charge in [-0.25, -0.2) is 0 Å². The lowest BCUT2D eigenvalue weighted by atomic mass is 10.3. The fourth-order valence-corrected chi connectivity index (χ4v) is 1.68. The first kappa shape index (κ1) is 19.0. The highest BCUT2D eigenvalue weighted by molar-refractivity contribution is 6.30. The van der Waals surface area contributed by atoms with E-state index >= 15 is 0 Å². The molecule has 0 saturated heterocycles. The number of hydrogen-bond acceptors (Lipinski definition) is 4. The Kier molecular flexibility index (Phi) is 9.33. The van der Waals surface area contributed by atoms with Gasteiger partial charge in [0, 0.05) is 19.2 Å². The molecular formula is C13H20Cl2N2O3. The van der Waals surface area contributed by atoms with E-state index in [9.17, 15) is 4.79 Å². The molecule has 2 N–H and O–H groups in total. The molecule has 114 valence electrons. The molecule has 1 amide bonds. The first-order valence-corrected chi connectivity index (χ1v) is 6.30. The molecule has 0 fully saturated rings. The zero-order valence-electron chi connectivity index (χ0n) is 11.5. The van der Waals surface area contributed by atoms with Crippen LogP contribution in [0.15, 0.2) is 24.3 Å². The molecule has 1 atom stereocenters. The second-order valence-corrected chi connectivity index (χ2v) is 4.56. The monoisotopic (exact) mass is 322 g/mol. The fraction of sp³-hybridized carbons (Fsp3) is 0.462. The maximum Gasteiger partial charge on any atom is 0.241 e. The molecule has 1 unspecified atom stereocenters. The second-order valence-electron chi connectivity index (χ2n) is 4.13. The van der Waals surface area contributed by atoms with Gasteiger partial charge in [-0.1, -0.05) is 17.7 Å². The highest BCUT2D eigenvalue weighted by Gasteiger charge is 2.17. The van der Waals surface area contributed by atoms with Crippen molar-refractivity contribution in [1.82, 2.24) is 4.90 Å². The highest BCUT2D eigenvalue weighted by Crippen LogP contribution is 2.16. The Morgan fingerprint density at radius 3 is 2.80 bits per heavy atom. The van der Waals surface area contributed by atoms with Crippen molar-refractivity contribution in [2.45, 2.75) is 6.04 Å². The quantitative estimate of drug-likeness (QED) is 0.827. The van der Waals surface area contributed by atoms with E-state index in [0.717, 1.165) is 0 Å². The van der Waals surface area contributed by atoms with Crippen molar-refractivity contribution in [3.05, 3.63) is 29.3 Å². The molecule has 0 aliphatic carbocycles. The van der Waals surface area contributed by atoms with Crippen LogP contribution in [0, 0.1) is 0 Å². The molecule has 0 saturated carbocycles. The molecule has 20 heavy (non-hydrogen) atoms. The fourth-order valence-electron chi connectivity index (χ4n) is 1.50. The third-order valence-electron chi connectivity index (χ3n) is 2.53. The molecule has 0 aliphatic rings. The van der Waals surface area contributed by atoms with Gasteiger partial charge >= 0.3 is 0 Å². The van der Waals surface area contributed by atoms with Crippen LogP contribution in [0.2, 0.25) is 5.02 Å². The van der Waals surface area contributed by atoms with Crippen molar-refractivity contribution < 1.29 is 14.3 Å². The minimum absolute atomic E-state index is 0.